The minimum absolute atomic E-state index is 0.0605. The molecule has 3 aromatic carbocycles. The molecule has 0 radical (unpaired) electrons. The van der Waals surface area contributed by atoms with Crippen LogP contribution >= 0.6 is 0 Å². The molecule has 1 saturated heterocycles. The second-order valence-corrected chi connectivity index (χ2v) is 13.1. The first-order valence-electron chi connectivity index (χ1n) is 16.9. The maximum absolute atomic E-state index is 15.8. The van der Waals surface area contributed by atoms with E-state index in [4.69, 9.17) is 25.4 Å². The predicted molar refractivity (Wildman–Crippen MR) is 185 cm³/mol. The molecule has 8 rings (SSSR count). The van der Waals surface area contributed by atoms with Gasteiger partial charge in [-0.2, -0.15) is 5.10 Å². The van der Waals surface area contributed by atoms with Gasteiger partial charge in [0.15, 0.2) is 5.65 Å². The zero-order chi connectivity index (χ0) is 34.4. The Balaban J connectivity index is 0.980. The Bertz CT molecular complexity index is 2130. The van der Waals surface area contributed by atoms with Crippen molar-refractivity contribution in [1.29, 1.82) is 0 Å². The molecule has 2 N–H and O–H groups in total. The zero-order valence-electron chi connectivity index (χ0n) is 27.5. The second kappa shape index (κ2) is 12.9. The summed E-state index contributed by atoms with van der Waals surface area (Å²) < 4.78 is 22.6. The number of para-hydroxylation sites is 1. The lowest BCUT2D eigenvalue weighted by Gasteiger charge is -2.35. The number of amides is 1. The maximum atomic E-state index is 15.8. The molecule has 50 heavy (non-hydrogen) atoms. The van der Waals surface area contributed by atoms with Gasteiger partial charge in [0.1, 0.15) is 23.1 Å². The van der Waals surface area contributed by atoms with Crippen LogP contribution in [-0.2, 0) is 11.3 Å². The van der Waals surface area contributed by atoms with Crippen molar-refractivity contribution in [3.63, 3.8) is 0 Å². The minimum atomic E-state index is -0.983. The predicted octanol–water partition coefficient (Wildman–Crippen LogP) is 6.49. The number of benzene rings is 3. The van der Waals surface area contributed by atoms with Crippen LogP contribution in [0.1, 0.15) is 65.5 Å². The average molecular weight is 674 g/mol. The van der Waals surface area contributed by atoms with Crippen LogP contribution in [0.2, 0.25) is 0 Å². The third kappa shape index (κ3) is 6.13. The number of nitrogens with two attached hydrogens (primary N) is 1. The first kappa shape index (κ1) is 31.5. The van der Waals surface area contributed by atoms with Gasteiger partial charge in [0.05, 0.1) is 11.7 Å². The van der Waals surface area contributed by atoms with E-state index >= 15 is 4.39 Å². The fraction of sp³-hybridized carbons (Fsp3) is 0.289. The van der Waals surface area contributed by atoms with E-state index in [-0.39, 0.29) is 29.6 Å². The number of hydrogen-bond donors (Lipinski definition) is 1. The molecule has 4 heterocycles. The fourth-order valence-electron chi connectivity index (χ4n) is 7.02. The largest absolute Gasteiger partial charge is 0.540 e. The first-order valence-corrected chi connectivity index (χ1v) is 16.9. The molecular weight excluding hydrogens is 637 g/mol. The van der Waals surface area contributed by atoms with Crippen LogP contribution in [0.4, 0.5) is 14.9 Å². The highest BCUT2D eigenvalue weighted by molar-refractivity contribution is 5.93. The van der Waals surface area contributed by atoms with Gasteiger partial charge in [0.2, 0.25) is 0 Å². The van der Waals surface area contributed by atoms with Crippen molar-refractivity contribution in [3.8, 4) is 17.0 Å². The Kier molecular flexibility index (Phi) is 8.14. The van der Waals surface area contributed by atoms with Crippen LogP contribution in [-0.4, -0.2) is 57.0 Å². The summed E-state index contributed by atoms with van der Waals surface area (Å²) in [5, 5.41) is 8.56. The molecule has 3 aliphatic rings. The van der Waals surface area contributed by atoms with Crippen molar-refractivity contribution in [2.75, 3.05) is 24.5 Å². The van der Waals surface area contributed by atoms with Crippen LogP contribution in [0, 0.1) is 11.7 Å². The lowest BCUT2D eigenvalue weighted by Crippen LogP contribution is -2.39. The van der Waals surface area contributed by atoms with Crippen LogP contribution in [0.5, 0.6) is 5.75 Å². The summed E-state index contributed by atoms with van der Waals surface area (Å²) >= 11 is 0. The van der Waals surface area contributed by atoms with Crippen molar-refractivity contribution in [2.24, 2.45) is 16.8 Å². The van der Waals surface area contributed by atoms with E-state index in [1.165, 1.54) is 11.6 Å². The van der Waals surface area contributed by atoms with E-state index in [1.807, 2.05) is 34.1 Å². The quantitative estimate of drug-likeness (QED) is 0.0519. The van der Waals surface area contributed by atoms with Gasteiger partial charge in [-0.15, -0.1) is 0 Å². The summed E-state index contributed by atoms with van der Waals surface area (Å²) in [6.07, 6.45) is 2.49. The molecule has 254 valence electrons. The molecule has 2 fully saturated rings. The van der Waals surface area contributed by atoms with Gasteiger partial charge in [0.25, 0.3) is 5.91 Å². The number of carbonyl (C=O) groups excluding carboxylic acids is 2. The lowest BCUT2D eigenvalue weighted by molar-refractivity contribution is 0.0671. The fourth-order valence-corrected chi connectivity index (χ4v) is 7.02. The van der Waals surface area contributed by atoms with Crippen LogP contribution in [0.25, 0.3) is 16.9 Å². The van der Waals surface area contributed by atoms with Crippen LogP contribution in [0.3, 0.4) is 0 Å². The monoisotopic (exact) mass is 673 g/mol. The van der Waals surface area contributed by atoms with Crippen molar-refractivity contribution in [2.45, 2.75) is 44.6 Å². The number of aromatic nitrogens is 3. The van der Waals surface area contributed by atoms with Crippen molar-refractivity contribution >= 4 is 29.2 Å². The Morgan fingerprint density at radius 2 is 1.76 bits per heavy atom. The highest BCUT2D eigenvalue weighted by Crippen LogP contribution is 2.41. The van der Waals surface area contributed by atoms with Gasteiger partial charge >= 0.3 is 6.16 Å². The molecule has 0 spiro atoms. The minimum Gasteiger partial charge on any atom is -0.393 e. The normalized spacial score (nSPS) is 19.0. The van der Waals surface area contributed by atoms with Gasteiger partial charge in [-0.25, -0.2) is 18.7 Å². The summed E-state index contributed by atoms with van der Waals surface area (Å²) in [5.41, 5.74) is 11.9. The van der Waals surface area contributed by atoms with Crippen molar-refractivity contribution < 1.29 is 23.6 Å². The first-order chi connectivity index (χ1) is 24.3. The molecule has 1 unspecified atom stereocenters. The van der Waals surface area contributed by atoms with E-state index in [2.05, 4.69) is 24.2 Å². The number of rotatable bonds is 7. The highest BCUT2D eigenvalue weighted by atomic mass is 19.1. The van der Waals surface area contributed by atoms with Crippen molar-refractivity contribution in [1.82, 2.24) is 19.5 Å². The molecule has 11 nitrogen and oxygen atoms in total. The SMILES string of the molecule is C[C@@H]1c2ccccc2CCN1C(=O)c1cc(C2CC2)n2nc(-c3ccc(N4CCC(/C(N)=N/OC(=O)Oc5ccccc5)C4)cc3F)cc2n1. The number of fused-ring (bicyclic) bond motifs is 2. The number of oxime groups is 1. The van der Waals surface area contributed by atoms with Gasteiger partial charge in [-0.05, 0) is 80.1 Å². The van der Waals surface area contributed by atoms with Gasteiger partial charge in [0, 0.05) is 54.5 Å². The topological polar surface area (TPSA) is 128 Å². The van der Waals surface area contributed by atoms with E-state index in [0.717, 1.165) is 30.5 Å². The van der Waals surface area contributed by atoms with Gasteiger partial charge < -0.3 is 20.3 Å². The molecular formula is C38H36FN7O4. The standard InChI is InChI=1S/C38H36FN7O4/c1-23-29-10-6-5-7-24(29)16-18-45(23)37(47)33-20-34(25-11-12-25)46-35(41-33)21-32(42-46)30-14-13-27(19-31(30)39)44-17-15-26(22-44)36(40)43-50-38(48)49-28-8-3-2-4-9-28/h2-10,13-14,19-21,23,25-26H,11-12,15-18,22H2,1H3,(H2,40,43)/t23-,26?/m1/s1. The highest BCUT2D eigenvalue weighted by Gasteiger charge is 2.33. The number of ether oxygens (including phenoxy) is 1. The zero-order valence-corrected chi connectivity index (χ0v) is 27.5. The molecule has 1 aliphatic carbocycles. The van der Waals surface area contributed by atoms with E-state index in [9.17, 15) is 9.59 Å². The van der Waals surface area contributed by atoms with Gasteiger partial charge in [-0.3, -0.25) is 9.63 Å². The summed E-state index contributed by atoms with van der Waals surface area (Å²) in [7, 11) is 0. The van der Waals surface area contributed by atoms with E-state index in [1.54, 1.807) is 47.0 Å². The molecule has 2 aromatic heterocycles. The number of anilines is 1. The summed E-state index contributed by atoms with van der Waals surface area (Å²) in [4.78, 5) is 39.4. The number of carbonyl (C=O) groups is 2. The summed E-state index contributed by atoms with van der Waals surface area (Å²) in [6.45, 7) is 3.78. The average Bonchev–Trinajstić information content (AvgIpc) is 3.69. The molecule has 0 bridgehead atoms. The number of amidine groups is 1. The Labute approximate surface area is 288 Å². The Hall–Kier alpha value is -5.78. The molecule has 2 aliphatic heterocycles. The number of hydrogen-bond acceptors (Lipinski definition) is 8. The smallest absolute Gasteiger partial charge is 0.393 e. The van der Waals surface area contributed by atoms with E-state index < -0.39 is 12.0 Å². The molecule has 2 atom stereocenters. The Morgan fingerprint density at radius 1 is 0.960 bits per heavy atom. The third-order valence-corrected chi connectivity index (χ3v) is 9.90. The molecule has 1 saturated carbocycles. The maximum Gasteiger partial charge on any atom is 0.540 e. The molecule has 5 aromatic rings. The second-order valence-electron chi connectivity index (χ2n) is 13.1. The van der Waals surface area contributed by atoms with Crippen molar-refractivity contribution in [3.05, 3.63) is 113 Å². The van der Waals surface area contributed by atoms with Crippen LogP contribution in [0.15, 0.2) is 90.1 Å². The van der Waals surface area contributed by atoms with Crippen LogP contribution < -0.4 is 15.4 Å². The molecule has 12 heteroatoms. The van der Waals surface area contributed by atoms with E-state index in [0.29, 0.717) is 60.1 Å². The number of nitrogens with zero attached hydrogens (tertiary/aromatic N) is 6. The van der Waals surface area contributed by atoms with Gasteiger partial charge in [-0.1, -0.05) is 47.6 Å². The molecule has 1 amide bonds. The lowest BCUT2D eigenvalue weighted by atomic mass is 9.93. The summed E-state index contributed by atoms with van der Waals surface area (Å²) in [6, 6.07) is 25.4. The Morgan fingerprint density at radius 3 is 2.56 bits per heavy atom. The third-order valence-electron chi connectivity index (χ3n) is 9.90. The summed E-state index contributed by atoms with van der Waals surface area (Å²) in [5.74, 6) is 0.0608. The number of halogens is 1.